The van der Waals surface area contributed by atoms with Crippen molar-refractivity contribution in [3.8, 4) is 11.3 Å². The maximum atomic E-state index is 13.2. The molecule has 4 aromatic rings. The molecule has 0 aliphatic rings. The van der Waals surface area contributed by atoms with Crippen LogP contribution in [0.5, 0.6) is 0 Å². The summed E-state index contributed by atoms with van der Waals surface area (Å²) in [5.74, 6) is -0.470. The molecule has 0 radical (unpaired) electrons. The fraction of sp³-hybridized carbons (Fsp3) is 0.370. The first-order valence-corrected chi connectivity index (χ1v) is 16.3. The molecular weight excluding hydrogens is 500 g/mol. The van der Waals surface area contributed by atoms with Gasteiger partial charge < -0.3 is 19.8 Å². The van der Waals surface area contributed by atoms with Crippen LogP contribution in [-0.4, -0.2) is 57.7 Å². The Kier molecular flexibility index (Phi) is 8.37. The summed E-state index contributed by atoms with van der Waals surface area (Å²) in [6, 6.07) is 8.33. The van der Waals surface area contributed by atoms with E-state index >= 15 is 0 Å². The summed E-state index contributed by atoms with van der Waals surface area (Å²) in [6.07, 6.45) is 5.06. The van der Waals surface area contributed by atoms with Crippen LogP contribution in [0.4, 0.5) is 0 Å². The quantitative estimate of drug-likeness (QED) is 0.164. The van der Waals surface area contributed by atoms with Crippen molar-refractivity contribution < 1.29 is 19.1 Å². The molecule has 4 aromatic heterocycles. The molecule has 0 bridgehead atoms. The van der Waals surface area contributed by atoms with E-state index < -0.39 is 14.0 Å². The monoisotopic (exact) mass is 534 g/mol. The number of carbonyl (C=O) groups excluding carboxylic acids is 2. The van der Waals surface area contributed by atoms with E-state index in [0.717, 1.165) is 28.3 Å². The minimum absolute atomic E-state index is 0.216. The Morgan fingerprint density at radius 3 is 2.63 bits per heavy atom. The van der Waals surface area contributed by atoms with Crippen LogP contribution in [-0.2, 0) is 22.7 Å². The highest BCUT2D eigenvalue weighted by Crippen LogP contribution is 2.27. The molecule has 0 aliphatic heterocycles. The predicted molar refractivity (Wildman–Crippen MR) is 148 cm³/mol. The number of esters is 1. The Hall–Kier alpha value is -3.83. The molecular formula is C27H34N6O4Si. The van der Waals surface area contributed by atoms with Crippen molar-refractivity contribution >= 4 is 31.0 Å². The number of aromatic amines is 1. The van der Waals surface area contributed by atoms with Crippen molar-refractivity contribution in [2.75, 3.05) is 13.2 Å². The molecule has 0 saturated heterocycles. The number of rotatable bonds is 11. The molecule has 0 unspecified atom stereocenters. The molecule has 0 aromatic carbocycles. The third-order valence-electron chi connectivity index (χ3n) is 6.08. The first-order chi connectivity index (χ1) is 18.2. The number of fused-ring (bicyclic) bond motifs is 1. The number of hydrogen-bond acceptors (Lipinski definition) is 7. The Balaban J connectivity index is 1.63. The van der Waals surface area contributed by atoms with Crippen molar-refractivity contribution in [1.29, 1.82) is 0 Å². The lowest BCUT2D eigenvalue weighted by Crippen LogP contribution is -2.27. The molecule has 0 aliphatic carbocycles. The Bertz CT molecular complexity index is 1420. The molecule has 4 heterocycles. The van der Waals surface area contributed by atoms with Crippen LogP contribution in [0.2, 0.25) is 25.7 Å². The van der Waals surface area contributed by atoms with Crippen LogP contribution in [0, 0.1) is 6.92 Å². The number of nitrogens with one attached hydrogen (secondary N) is 2. The molecule has 0 fully saturated rings. The lowest BCUT2D eigenvalue weighted by Gasteiger charge is -2.16. The summed E-state index contributed by atoms with van der Waals surface area (Å²) in [6.45, 7) is 12.0. The number of imidazole rings is 1. The van der Waals surface area contributed by atoms with E-state index in [1.807, 2.05) is 25.1 Å². The second kappa shape index (κ2) is 11.7. The van der Waals surface area contributed by atoms with E-state index in [4.69, 9.17) is 14.5 Å². The second-order valence-corrected chi connectivity index (χ2v) is 15.9. The van der Waals surface area contributed by atoms with Crippen LogP contribution < -0.4 is 5.32 Å². The van der Waals surface area contributed by atoms with Crippen LogP contribution in [0.3, 0.4) is 0 Å². The van der Waals surface area contributed by atoms with Crippen molar-refractivity contribution in [3.05, 3.63) is 65.6 Å². The van der Waals surface area contributed by atoms with Crippen molar-refractivity contribution in [1.82, 2.24) is 29.8 Å². The summed E-state index contributed by atoms with van der Waals surface area (Å²) in [4.78, 5) is 41.6. The molecule has 4 rings (SSSR count). The largest absolute Gasteiger partial charge is 0.461 e. The minimum Gasteiger partial charge on any atom is -0.461 e. The van der Waals surface area contributed by atoms with E-state index in [1.54, 1.807) is 36.1 Å². The van der Waals surface area contributed by atoms with Crippen LogP contribution in [0.15, 0.2) is 42.9 Å². The van der Waals surface area contributed by atoms with Gasteiger partial charge in [-0.3, -0.25) is 14.3 Å². The van der Waals surface area contributed by atoms with Gasteiger partial charge in [0.15, 0.2) is 0 Å². The summed E-state index contributed by atoms with van der Waals surface area (Å²) in [5, 5.41) is 3.69. The fourth-order valence-electron chi connectivity index (χ4n) is 3.90. The maximum Gasteiger partial charge on any atom is 0.354 e. The van der Waals surface area contributed by atoms with Gasteiger partial charge in [0.2, 0.25) is 5.82 Å². The van der Waals surface area contributed by atoms with E-state index in [0.29, 0.717) is 30.2 Å². The van der Waals surface area contributed by atoms with Crippen LogP contribution in [0.1, 0.15) is 39.3 Å². The molecule has 10 nitrogen and oxygen atoms in total. The molecule has 38 heavy (non-hydrogen) atoms. The zero-order valence-corrected chi connectivity index (χ0v) is 23.5. The zero-order valence-electron chi connectivity index (χ0n) is 22.5. The second-order valence-electron chi connectivity index (χ2n) is 10.2. The maximum absolute atomic E-state index is 13.2. The topological polar surface area (TPSA) is 124 Å². The van der Waals surface area contributed by atoms with E-state index in [9.17, 15) is 9.59 Å². The first-order valence-electron chi connectivity index (χ1n) is 12.6. The number of hydrogen-bond donors (Lipinski definition) is 2. The van der Waals surface area contributed by atoms with Gasteiger partial charge in [-0.15, -0.1) is 0 Å². The average Bonchev–Trinajstić information content (AvgIpc) is 3.46. The van der Waals surface area contributed by atoms with Gasteiger partial charge in [0.1, 0.15) is 18.1 Å². The number of amides is 1. The zero-order chi connectivity index (χ0) is 27.3. The molecule has 2 N–H and O–H groups in total. The normalized spacial score (nSPS) is 11.6. The molecule has 0 saturated carbocycles. The van der Waals surface area contributed by atoms with Crippen molar-refractivity contribution in [3.63, 3.8) is 0 Å². The molecule has 11 heteroatoms. The summed E-state index contributed by atoms with van der Waals surface area (Å²) < 4.78 is 12.9. The lowest BCUT2D eigenvalue weighted by atomic mass is 10.1. The van der Waals surface area contributed by atoms with Crippen molar-refractivity contribution in [2.24, 2.45) is 0 Å². The predicted octanol–water partition coefficient (Wildman–Crippen LogP) is 4.55. The van der Waals surface area contributed by atoms with Gasteiger partial charge in [0.25, 0.3) is 5.91 Å². The van der Waals surface area contributed by atoms with Crippen molar-refractivity contribution in [2.45, 2.75) is 52.8 Å². The highest BCUT2D eigenvalue weighted by molar-refractivity contribution is 6.76. The summed E-state index contributed by atoms with van der Waals surface area (Å²) in [5.41, 5.74) is 3.98. The third-order valence-corrected chi connectivity index (χ3v) is 7.79. The Morgan fingerprint density at radius 1 is 1.16 bits per heavy atom. The number of carbonyl (C=O) groups is 2. The number of pyridine rings is 2. The number of H-pyrrole nitrogens is 1. The molecule has 1 amide bonds. The molecule has 0 atom stereocenters. The van der Waals surface area contributed by atoms with Gasteiger partial charge in [-0.1, -0.05) is 19.6 Å². The van der Waals surface area contributed by atoms with Crippen LogP contribution in [0.25, 0.3) is 22.3 Å². The van der Waals surface area contributed by atoms with Gasteiger partial charge in [-0.2, -0.15) is 0 Å². The summed E-state index contributed by atoms with van der Waals surface area (Å²) >= 11 is 0. The van der Waals surface area contributed by atoms with Gasteiger partial charge in [-0.25, -0.2) is 14.8 Å². The highest BCUT2D eigenvalue weighted by atomic mass is 28.3. The van der Waals surface area contributed by atoms with Gasteiger partial charge in [-0.05, 0) is 49.7 Å². The smallest absolute Gasteiger partial charge is 0.354 e. The standard InChI is InChI=1S/C27H34N6O4Si/c1-6-37-27(35)22-14-20-13-21(16-29-24(20)31-22)23-18(2)33(17-36-11-12-38(3,4)5)25(32-23)26(34)30-15-19-7-9-28-10-8-19/h7-10,13-14,16H,6,11-12,15,17H2,1-5H3,(H,29,31)(H,30,34). The fourth-order valence-corrected chi connectivity index (χ4v) is 4.66. The first kappa shape index (κ1) is 27.2. The lowest BCUT2D eigenvalue weighted by molar-refractivity contribution is 0.0520. The third kappa shape index (κ3) is 6.53. The van der Waals surface area contributed by atoms with Gasteiger partial charge in [0.05, 0.1) is 12.3 Å². The van der Waals surface area contributed by atoms with Crippen LogP contribution >= 0.6 is 0 Å². The number of nitrogens with zero attached hydrogens (tertiary/aromatic N) is 4. The summed E-state index contributed by atoms with van der Waals surface area (Å²) in [7, 11) is -1.26. The van der Waals surface area contributed by atoms with E-state index in [-0.39, 0.29) is 25.1 Å². The van der Waals surface area contributed by atoms with E-state index in [1.165, 1.54) is 0 Å². The molecule has 200 valence electrons. The van der Waals surface area contributed by atoms with Gasteiger partial charge >= 0.3 is 5.97 Å². The Labute approximate surface area is 222 Å². The average molecular weight is 535 g/mol. The molecule has 0 spiro atoms. The number of ether oxygens (including phenoxy) is 2. The van der Waals surface area contributed by atoms with Gasteiger partial charge in [0, 0.05) is 56.5 Å². The number of aromatic nitrogens is 5. The minimum atomic E-state index is -1.26. The highest BCUT2D eigenvalue weighted by Gasteiger charge is 2.22. The van der Waals surface area contributed by atoms with E-state index in [2.05, 4.69) is 39.9 Å². The SMILES string of the molecule is CCOC(=O)c1cc2cc(-c3nc(C(=O)NCc4ccncc4)n(COCC[Si](C)(C)C)c3C)cnc2[nH]1. The Morgan fingerprint density at radius 2 is 1.92 bits per heavy atom.